The van der Waals surface area contributed by atoms with Crippen LogP contribution in [0.1, 0.15) is 22.3 Å². The highest BCUT2D eigenvalue weighted by Crippen LogP contribution is 2.36. The first-order valence-electron chi connectivity index (χ1n) is 18.9. The molecule has 4 aromatic heterocycles. The first-order valence-corrected chi connectivity index (χ1v) is 20.5. The van der Waals surface area contributed by atoms with Gasteiger partial charge in [0.1, 0.15) is 22.3 Å². The number of hydrogen-bond donors (Lipinski definition) is 0. The van der Waals surface area contributed by atoms with Gasteiger partial charge in [0.25, 0.3) is 0 Å². The molecular formula is C52H40O2S2. The Morgan fingerprint density at radius 1 is 0.304 bits per heavy atom. The van der Waals surface area contributed by atoms with Crippen LogP contribution in [0.15, 0.2) is 179 Å². The Morgan fingerprint density at radius 3 is 1.54 bits per heavy atom. The molecule has 0 fully saturated rings. The maximum Gasteiger partial charge on any atom is 0.135 e. The summed E-state index contributed by atoms with van der Waals surface area (Å²) in [7, 11) is 0. The highest BCUT2D eigenvalue weighted by molar-refractivity contribution is 7.26. The average molecular weight is 761 g/mol. The average Bonchev–Trinajstić information content (AvgIpc) is 3.98. The summed E-state index contributed by atoms with van der Waals surface area (Å²) in [6.07, 6.45) is 0. The molecule has 0 unspecified atom stereocenters. The Labute approximate surface area is 333 Å². The summed E-state index contributed by atoms with van der Waals surface area (Å²) in [5, 5.41) is 10.4. The molecule has 0 N–H and O–H groups in total. The minimum Gasteiger partial charge on any atom is -0.456 e. The zero-order valence-corrected chi connectivity index (χ0v) is 33.4. The minimum atomic E-state index is 0.966. The van der Waals surface area contributed by atoms with Gasteiger partial charge in [0.2, 0.25) is 0 Å². The predicted molar refractivity (Wildman–Crippen MR) is 245 cm³/mol. The summed E-state index contributed by atoms with van der Waals surface area (Å²) >= 11 is 3.75. The van der Waals surface area contributed by atoms with E-state index in [2.05, 4.69) is 149 Å². The van der Waals surface area contributed by atoms with Gasteiger partial charge in [0, 0.05) is 61.9 Å². The second-order valence-corrected chi connectivity index (χ2v) is 16.5. The van der Waals surface area contributed by atoms with Crippen LogP contribution in [0.3, 0.4) is 0 Å². The van der Waals surface area contributed by atoms with E-state index in [0.29, 0.717) is 0 Å². The quantitative estimate of drug-likeness (QED) is 0.154. The summed E-state index contributed by atoms with van der Waals surface area (Å²) < 4.78 is 17.0. The lowest BCUT2D eigenvalue weighted by Crippen LogP contribution is -1.72. The van der Waals surface area contributed by atoms with Gasteiger partial charge in [-0.05, 0) is 98.5 Å². The molecule has 0 aliphatic rings. The molecule has 0 saturated heterocycles. The fourth-order valence-corrected chi connectivity index (χ4v) is 9.96. The summed E-state index contributed by atoms with van der Waals surface area (Å²) in [5.41, 5.74) is 9.11. The molecule has 4 heterocycles. The van der Waals surface area contributed by atoms with Gasteiger partial charge >= 0.3 is 0 Å². The number of fused-ring (bicyclic) bond motifs is 12. The van der Waals surface area contributed by atoms with Gasteiger partial charge in [-0.1, -0.05) is 121 Å². The SMILES string of the molecule is Cc1ccc2c(c1)oc1ccccc12.Cc1ccc2c(c1)sc1ccccc12.Cc1cccc2oc3ccccc3c12.Cc1cccc2sc3ccccc3c12. The van der Waals surface area contributed by atoms with Crippen LogP contribution in [0.2, 0.25) is 0 Å². The molecule has 272 valence electrons. The van der Waals surface area contributed by atoms with Gasteiger partial charge in [-0.3, -0.25) is 0 Å². The summed E-state index contributed by atoms with van der Waals surface area (Å²) in [5.74, 6) is 0. The standard InChI is InChI=1S/2C13H10O.2C13H10S/c1-9-5-4-8-12-13(9)10-6-2-3-7-11(10)14-12;1-9-6-7-11-10-4-2-3-5-12(10)14-13(11)8-9;1-9-5-4-8-12-13(9)10-6-2-3-7-11(10)14-12;1-9-6-7-11-10-4-2-3-5-12(10)14-13(11)8-9/h4*2-8H,1H3. The third kappa shape index (κ3) is 6.83. The molecule has 4 heteroatoms. The van der Waals surface area contributed by atoms with Gasteiger partial charge in [-0.25, -0.2) is 0 Å². The fraction of sp³-hybridized carbons (Fsp3) is 0.0769. The number of furan rings is 2. The zero-order chi connectivity index (χ0) is 38.2. The van der Waals surface area contributed by atoms with Crippen molar-refractivity contribution in [2.45, 2.75) is 27.7 Å². The third-order valence-electron chi connectivity index (χ3n) is 10.3. The lowest BCUT2D eigenvalue weighted by Gasteiger charge is -1.95. The van der Waals surface area contributed by atoms with Gasteiger partial charge in [0.05, 0.1) is 0 Å². The largest absolute Gasteiger partial charge is 0.456 e. The van der Waals surface area contributed by atoms with Crippen molar-refractivity contribution >= 4 is 107 Å². The van der Waals surface area contributed by atoms with Crippen LogP contribution in [0.5, 0.6) is 0 Å². The maximum absolute atomic E-state index is 5.73. The van der Waals surface area contributed by atoms with E-state index in [4.69, 9.17) is 8.83 Å². The zero-order valence-electron chi connectivity index (χ0n) is 31.8. The highest BCUT2D eigenvalue weighted by atomic mass is 32.1. The Kier molecular flexibility index (Phi) is 9.60. The fourth-order valence-electron chi connectivity index (χ4n) is 7.57. The van der Waals surface area contributed by atoms with Crippen molar-refractivity contribution in [2.24, 2.45) is 0 Å². The molecule has 12 aromatic rings. The Morgan fingerprint density at radius 2 is 0.768 bits per heavy atom. The van der Waals surface area contributed by atoms with Crippen LogP contribution in [0.4, 0.5) is 0 Å². The van der Waals surface area contributed by atoms with Crippen LogP contribution >= 0.6 is 22.7 Å². The smallest absolute Gasteiger partial charge is 0.135 e. The van der Waals surface area contributed by atoms with E-state index in [1.807, 2.05) is 71.2 Å². The Hall–Kier alpha value is -6.20. The van der Waals surface area contributed by atoms with Crippen LogP contribution in [-0.2, 0) is 0 Å². The monoisotopic (exact) mass is 760 g/mol. The maximum atomic E-state index is 5.73. The second-order valence-electron chi connectivity index (χ2n) is 14.3. The van der Waals surface area contributed by atoms with Crippen LogP contribution in [0.25, 0.3) is 84.2 Å². The molecule has 0 saturated carbocycles. The van der Waals surface area contributed by atoms with Crippen molar-refractivity contribution in [1.29, 1.82) is 0 Å². The molecular weight excluding hydrogens is 721 g/mol. The lowest BCUT2D eigenvalue weighted by molar-refractivity contribution is 0.668. The molecule has 0 spiro atoms. The highest BCUT2D eigenvalue weighted by Gasteiger charge is 2.08. The molecule has 12 rings (SSSR count). The number of aryl methyl sites for hydroxylation is 4. The number of hydrogen-bond acceptors (Lipinski definition) is 4. The Bertz CT molecular complexity index is 3090. The summed E-state index contributed by atoms with van der Waals surface area (Å²) in [4.78, 5) is 0. The van der Waals surface area contributed by atoms with Crippen molar-refractivity contribution in [3.63, 3.8) is 0 Å². The molecule has 0 bridgehead atoms. The molecule has 8 aromatic carbocycles. The van der Waals surface area contributed by atoms with Crippen LogP contribution in [0, 0.1) is 27.7 Å². The van der Waals surface area contributed by atoms with E-state index >= 15 is 0 Å². The third-order valence-corrected chi connectivity index (χ3v) is 12.6. The molecule has 2 nitrogen and oxygen atoms in total. The van der Waals surface area contributed by atoms with Crippen LogP contribution in [-0.4, -0.2) is 0 Å². The Balaban J connectivity index is 0.0000000975. The summed E-state index contributed by atoms with van der Waals surface area (Å²) in [6.45, 7) is 8.52. The van der Waals surface area contributed by atoms with Crippen LogP contribution < -0.4 is 0 Å². The number of benzene rings is 8. The molecule has 0 atom stereocenters. The van der Waals surface area contributed by atoms with Gasteiger partial charge in [-0.2, -0.15) is 0 Å². The number of para-hydroxylation sites is 2. The second kappa shape index (κ2) is 15.1. The lowest BCUT2D eigenvalue weighted by atomic mass is 10.1. The normalized spacial score (nSPS) is 11.2. The van der Waals surface area contributed by atoms with E-state index in [9.17, 15) is 0 Å². The van der Waals surface area contributed by atoms with E-state index in [1.54, 1.807) is 0 Å². The topological polar surface area (TPSA) is 26.3 Å². The summed E-state index contributed by atoms with van der Waals surface area (Å²) in [6, 6.07) is 59.2. The van der Waals surface area contributed by atoms with Gasteiger partial charge < -0.3 is 8.83 Å². The molecule has 0 aliphatic carbocycles. The van der Waals surface area contributed by atoms with E-state index in [0.717, 1.165) is 22.3 Å². The van der Waals surface area contributed by atoms with Crippen molar-refractivity contribution in [3.05, 3.63) is 192 Å². The molecule has 0 radical (unpaired) electrons. The molecule has 56 heavy (non-hydrogen) atoms. The van der Waals surface area contributed by atoms with Gasteiger partial charge in [-0.15, -0.1) is 22.7 Å². The van der Waals surface area contributed by atoms with E-state index in [1.165, 1.54) is 84.1 Å². The number of thiophene rings is 2. The first kappa shape index (κ1) is 35.5. The van der Waals surface area contributed by atoms with Crippen molar-refractivity contribution < 1.29 is 8.83 Å². The van der Waals surface area contributed by atoms with Crippen molar-refractivity contribution in [3.8, 4) is 0 Å². The minimum absolute atomic E-state index is 0.966. The first-order chi connectivity index (χ1) is 27.4. The van der Waals surface area contributed by atoms with Crippen molar-refractivity contribution in [2.75, 3.05) is 0 Å². The molecule has 0 amide bonds. The van der Waals surface area contributed by atoms with Crippen molar-refractivity contribution in [1.82, 2.24) is 0 Å². The van der Waals surface area contributed by atoms with E-state index < -0.39 is 0 Å². The van der Waals surface area contributed by atoms with Gasteiger partial charge in [0.15, 0.2) is 0 Å². The predicted octanol–water partition coefficient (Wildman–Crippen LogP) is 16.5. The number of rotatable bonds is 0. The molecule has 0 aliphatic heterocycles. The van der Waals surface area contributed by atoms with E-state index in [-0.39, 0.29) is 0 Å².